The maximum atomic E-state index is 12.8. The van der Waals surface area contributed by atoms with E-state index in [1.165, 1.54) is 42.8 Å². The van der Waals surface area contributed by atoms with E-state index in [4.69, 9.17) is 14.2 Å². The maximum absolute atomic E-state index is 12.8. The van der Waals surface area contributed by atoms with Gasteiger partial charge in [-0.05, 0) is 43.0 Å². The van der Waals surface area contributed by atoms with Crippen LogP contribution in [0.2, 0.25) is 0 Å². The third-order valence-corrected chi connectivity index (χ3v) is 7.35. The monoisotopic (exact) mass is 476 g/mol. The molecule has 0 aliphatic carbocycles. The summed E-state index contributed by atoms with van der Waals surface area (Å²) < 4.78 is 42.4. The highest BCUT2D eigenvalue weighted by Gasteiger charge is 2.28. The molecule has 0 radical (unpaired) electrons. The van der Waals surface area contributed by atoms with E-state index in [9.17, 15) is 18.0 Å². The van der Waals surface area contributed by atoms with Crippen LogP contribution in [0.1, 0.15) is 30.1 Å². The van der Waals surface area contributed by atoms with Gasteiger partial charge in [-0.2, -0.15) is 4.31 Å². The van der Waals surface area contributed by atoms with Gasteiger partial charge < -0.3 is 19.5 Å². The molecular formula is C23H28N2O7S. The number of methoxy groups -OCH3 is 2. The Balaban J connectivity index is 1.57. The van der Waals surface area contributed by atoms with E-state index in [0.29, 0.717) is 36.2 Å². The largest absolute Gasteiger partial charge is 0.497 e. The van der Waals surface area contributed by atoms with Crippen molar-refractivity contribution in [3.05, 3.63) is 48.0 Å². The van der Waals surface area contributed by atoms with Gasteiger partial charge in [0.25, 0.3) is 5.91 Å². The summed E-state index contributed by atoms with van der Waals surface area (Å²) in [5, 5.41) is 2.61. The Kier molecular flexibility index (Phi) is 7.93. The van der Waals surface area contributed by atoms with Gasteiger partial charge in [0.05, 0.1) is 24.7 Å². The Morgan fingerprint density at radius 2 is 1.58 bits per heavy atom. The minimum absolute atomic E-state index is 0.123. The molecule has 0 saturated carbocycles. The molecule has 0 unspecified atom stereocenters. The van der Waals surface area contributed by atoms with Gasteiger partial charge >= 0.3 is 5.97 Å². The number of anilines is 1. The van der Waals surface area contributed by atoms with Crippen LogP contribution in [-0.4, -0.2) is 58.5 Å². The van der Waals surface area contributed by atoms with Gasteiger partial charge in [-0.25, -0.2) is 13.2 Å². The van der Waals surface area contributed by atoms with Gasteiger partial charge in [0.1, 0.15) is 11.5 Å². The number of carbonyl (C=O) groups is 2. The lowest BCUT2D eigenvalue weighted by Crippen LogP contribution is -2.37. The molecule has 3 rings (SSSR count). The Morgan fingerprint density at radius 3 is 2.12 bits per heavy atom. The molecule has 1 aliphatic rings. The minimum Gasteiger partial charge on any atom is -0.497 e. The number of hydrogen-bond donors (Lipinski definition) is 1. The van der Waals surface area contributed by atoms with Crippen molar-refractivity contribution in [2.75, 3.05) is 39.2 Å². The van der Waals surface area contributed by atoms with Gasteiger partial charge in [0.15, 0.2) is 6.61 Å². The second kappa shape index (κ2) is 10.7. The van der Waals surface area contributed by atoms with Crippen molar-refractivity contribution in [2.24, 2.45) is 5.92 Å². The molecule has 1 aliphatic heterocycles. The number of ether oxygens (including phenoxy) is 3. The quantitative estimate of drug-likeness (QED) is 0.583. The highest BCUT2D eigenvalue weighted by Crippen LogP contribution is 2.26. The SMILES string of the molecule is COc1cc(NC(=O)COC(=O)c2ccc(S(=O)(=O)N3CCC(C)CC3)cc2)cc(OC)c1. The number of benzene rings is 2. The fourth-order valence-electron chi connectivity index (χ4n) is 3.43. The number of amides is 1. The number of esters is 1. The first-order valence-electron chi connectivity index (χ1n) is 10.5. The van der Waals surface area contributed by atoms with Gasteiger partial charge in [-0.15, -0.1) is 0 Å². The molecule has 0 spiro atoms. The summed E-state index contributed by atoms with van der Waals surface area (Å²) in [6, 6.07) is 10.4. The normalized spacial score (nSPS) is 15.0. The van der Waals surface area contributed by atoms with Crippen LogP contribution in [0, 0.1) is 5.92 Å². The molecule has 10 heteroatoms. The third kappa shape index (κ3) is 6.23. The van der Waals surface area contributed by atoms with Crippen molar-refractivity contribution in [1.82, 2.24) is 4.31 Å². The van der Waals surface area contributed by atoms with Crippen LogP contribution in [0.15, 0.2) is 47.4 Å². The number of sulfonamides is 1. The van der Waals surface area contributed by atoms with Crippen LogP contribution < -0.4 is 14.8 Å². The summed E-state index contributed by atoms with van der Waals surface area (Å²) in [6.45, 7) is 2.58. The number of rotatable bonds is 8. The van der Waals surface area contributed by atoms with Gasteiger partial charge in [0, 0.05) is 37.0 Å². The zero-order valence-corrected chi connectivity index (χ0v) is 19.7. The van der Waals surface area contributed by atoms with Gasteiger partial charge in [-0.1, -0.05) is 6.92 Å². The molecule has 0 atom stereocenters. The molecule has 178 valence electrons. The van der Waals surface area contributed by atoms with Gasteiger partial charge in [-0.3, -0.25) is 4.79 Å². The summed E-state index contributed by atoms with van der Waals surface area (Å²) in [4.78, 5) is 24.6. The van der Waals surface area contributed by atoms with E-state index in [1.807, 2.05) is 0 Å². The first-order chi connectivity index (χ1) is 15.7. The van der Waals surface area contributed by atoms with Crippen LogP contribution in [-0.2, 0) is 19.6 Å². The molecule has 9 nitrogen and oxygen atoms in total. The Hall–Kier alpha value is -3.11. The molecular weight excluding hydrogens is 448 g/mol. The number of piperidine rings is 1. The second-order valence-corrected chi connectivity index (χ2v) is 9.77. The molecule has 1 fully saturated rings. The summed E-state index contributed by atoms with van der Waals surface area (Å²) in [6.07, 6.45) is 1.66. The van der Waals surface area contributed by atoms with Crippen LogP contribution in [0.3, 0.4) is 0 Å². The number of carbonyl (C=O) groups excluding carboxylic acids is 2. The van der Waals surface area contributed by atoms with Crippen molar-refractivity contribution in [2.45, 2.75) is 24.7 Å². The first kappa shape index (κ1) is 24.5. The molecule has 0 aromatic heterocycles. The summed E-state index contributed by atoms with van der Waals surface area (Å²) in [7, 11) is -0.620. The first-order valence-corrected chi connectivity index (χ1v) is 12.0. The average molecular weight is 477 g/mol. The fourth-order valence-corrected chi connectivity index (χ4v) is 4.90. The topological polar surface area (TPSA) is 111 Å². The van der Waals surface area contributed by atoms with E-state index in [0.717, 1.165) is 12.8 Å². The average Bonchev–Trinajstić information content (AvgIpc) is 2.82. The van der Waals surface area contributed by atoms with Crippen LogP contribution in [0.5, 0.6) is 11.5 Å². The zero-order chi connectivity index (χ0) is 24.0. The van der Waals surface area contributed by atoms with Crippen molar-refractivity contribution < 1.29 is 32.2 Å². The van der Waals surface area contributed by atoms with Crippen LogP contribution >= 0.6 is 0 Å². The van der Waals surface area contributed by atoms with E-state index < -0.39 is 28.5 Å². The van der Waals surface area contributed by atoms with Crippen molar-refractivity contribution in [3.63, 3.8) is 0 Å². The highest BCUT2D eigenvalue weighted by molar-refractivity contribution is 7.89. The summed E-state index contributed by atoms with van der Waals surface area (Å²) in [5.74, 6) is 0.226. The van der Waals surface area contributed by atoms with E-state index in [1.54, 1.807) is 18.2 Å². The molecule has 2 aromatic carbocycles. The predicted molar refractivity (Wildman–Crippen MR) is 122 cm³/mol. The summed E-state index contributed by atoms with van der Waals surface area (Å²) in [5.41, 5.74) is 0.575. The fraction of sp³-hybridized carbons (Fsp3) is 0.391. The van der Waals surface area contributed by atoms with Gasteiger partial charge in [0.2, 0.25) is 10.0 Å². The van der Waals surface area contributed by atoms with E-state index in [2.05, 4.69) is 12.2 Å². The van der Waals surface area contributed by atoms with Crippen LogP contribution in [0.25, 0.3) is 0 Å². The molecule has 1 heterocycles. The van der Waals surface area contributed by atoms with Crippen LogP contribution in [0.4, 0.5) is 5.69 Å². The Bertz CT molecular complexity index is 1070. The predicted octanol–water partition coefficient (Wildman–Crippen LogP) is 2.92. The Labute approximate surface area is 193 Å². The maximum Gasteiger partial charge on any atom is 0.338 e. The molecule has 33 heavy (non-hydrogen) atoms. The minimum atomic E-state index is -3.60. The lowest BCUT2D eigenvalue weighted by atomic mass is 10.0. The molecule has 0 bridgehead atoms. The van der Waals surface area contributed by atoms with Crippen molar-refractivity contribution in [1.29, 1.82) is 0 Å². The third-order valence-electron chi connectivity index (χ3n) is 5.44. The number of hydrogen-bond acceptors (Lipinski definition) is 7. The molecule has 2 aromatic rings. The zero-order valence-electron chi connectivity index (χ0n) is 18.9. The number of nitrogens with zero attached hydrogens (tertiary/aromatic N) is 1. The molecule has 1 N–H and O–H groups in total. The van der Waals surface area contributed by atoms with Crippen molar-refractivity contribution in [3.8, 4) is 11.5 Å². The molecule has 1 amide bonds. The Morgan fingerprint density at radius 1 is 1.00 bits per heavy atom. The summed E-state index contributed by atoms with van der Waals surface area (Å²) >= 11 is 0. The van der Waals surface area contributed by atoms with E-state index in [-0.39, 0.29) is 10.5 Å². The lowest BCUT2D eigenvalue weighted by Gasteiger charge is -2.29. The highest BCUT2D eigenvalue weighted by atomic mass is 32.2. The lowest BCUT2D eigenvalue weighted by molar-refractivity contribution is -0.119. The standard InChI is InChI=1S/C23H28N2O7S/c1-16-8-10-25(11-9-16)33(28,29)21-6-4-17(5-7-21)23(27)32-15-22(26)24-18-12-19(30-2)14-20(13-18)31-3/h4-7,12-14,16H,8-11,15H2,1-3H3,(H,24,26). The van der Waals surface area contributed by atoms with E-state index >= 15 is 0 Å². The van der Waals surface area contributed by atoms with Crippen molar-refractivity contribution >= 4 is 27.6 Å². The molecule has 1 saturated heterocycles. The number of nitrogens with one attached hydrogen (secondary N) is 1. The second-order valence-electron chi connectivity index (χ2n) is 7.84. The smallest absolute Gasteiger partial charge is 0.338 e.